The largest absolute Gasteiger partial charge is 0.395 e. The number of nitrogens with zero attached hydrogens (tertiary/aromatic N) is 2. The molecular weight excluding hydrogens is 404 g/mol. The number of aryl methyl sites for hydroxylation is 1. The number of aliphatic hydroxyl groups is 1. The summed E-state index contributed by atoms with van der Waals surface area (Å²) in [6, 6.07) is 14.2. The van der Waals surface area contributed by atoms with Crippen molar-refractivity contribution in [3.05, 3.63) is 59.8 Å². The molecule has 1 aliphatic rings. The Bertz CT molecular complexity index is 1590. The van der Waals surface area contributed by atoms with Crippen LogP contribution in [0.15, 0.2) is 48.7 Å². The van der Waals surface area contributed by atoms with Gasteiger partial charge in [0.2, 0.25) is 0 Å². The minimum atomic E-state index is -0.343. The lowest BCUT2D eigenvalue weighted by Crippen LogP contribution is -2.23. The average Bonchev–Trinajstić information content (AvgIpc) is 3.43. The SMILES string of the molecule is Cn1ccc2ccc3c(c4c(c5c6ccccc6n(CCNCCO)c35)C(=O)NC4=O)c21. The fraction of sp³-hybridized carbons (Fsp3) is 0.200. The number of hydrogen-bond acceptors (Lipinski definition) is 4. The molecule has 3 heterocycles. The number of imide groups is 1. The third kappa shape index (κ3) is 2.43. The molecular formula is C25H22N4O3. The summed E-state index contributed by atoms with van der Waals surface area (Å²) < 4.78 is 4.23. The maximum Gasteiger partial charge on any atom is 0.259 e. The predicted molar refractivity (Wildman–Crippen MR) is 125 cm³/mol. The summed E-state index contributed by atoms with van der Waals surface area (Å²) in [5.74, 6) is -0.684. The fourth-order valence-electron chi connectivity index (χ4n) is 5.23. The van der Waals surface area contributed by atoms with Gasteiger partial charge in [-0.05, 0) is 12.1 Å². The van der Waals surface area contributed by atoms with Gasteiger partial charge in [0.05, 0.1) is 28.8 Å². The van der Waals surface area contributed by atoms with Crippen molar-refractivity contribution in [2.45, 2.75) is 6.54 Å². The van der Waals surface area contributed by atoms with Crippen LogP contribution in [0.5, 0.6) is 0 Å². The monoisotopic (exact) mass is 426 g/mol. The van der Waals surface area contributed by atoms with E-state index >= 15 is 0 Å². The first-order chi connectivity index (χ1) is 15.6. The van der Waals surface area contributed by atoms with E-state index in [0.29, 0.717) is 30.8 Å². The molecule has 7 heteroatoms. The second kappa shape index (κ2) is 6.91. The number of carbonyl (C=O) groups is 2. The number of rotatable bonds is 5. The van der Waals surface area contributed by atoms with Gasteiger partial charge in [-0.15, -0.1) is 0 Å². The number of aliphatic hydroxyl groups excluding tert-OH is 1. The van der Waals surface area contributed by atoms with Crippen molar-refractivity contribution < 1.29 is 14.7 Å². The van der Waals surface area contributed by atoms with Gasteiger partial charge in [-0.1, -0.05) is 30.3 Å². The summed E-state index contributed by atoms with van der Waals surface area (Å²) >= 11 is 0. The molecule has 0 saturated heterocycles. The summed E-state index contributed by atoms with van der Waals surface area (Å²) in [5.41, 5.74) is 3.84. The standard InChI is InChI=1S/C25H22N4O3/c1-28-11-8-14-6-7-16-19(22(14)28)21-20(24(31)27-25(21)32)18-15-4-2-3-5-17(15)29(23(16)18)12-9-26-10-13-30/h2-8,11,26,30H,9-10,12-13H2,1H3,(H,27,31,32). The molecule has 0 saturated carbocycles. The van der Waals surface area contributed by atoms with Gasteiger partial charge in [0.1, 0.15) is 0 Å². The second-order valence-electron chi connectivity index (χ2n) is 8.25. The Labute approximate surface area is 183 Å². The van der Waals surface area contributed by atoms with Crippen molar-refractivity contribution in [1.29, 1.82) is 0 Å². The molecule has 0 spiro atoms. The van der Waals surface area contributed by atoms with Gasteiger partial charge in [-0.25, -0.2) is 0 Å². The van der Waals surface area contributed by atoms with Gasteiger partial charge in [0.15, 0.2) is 0 Å². The van der Waals surface area contributed by atoms with Gasteiger partial charge in [-0.2, -0.15) is 0 Å². The van der Waals surface area contributed by atoms with Crippen LogP contribution in [0.1, 0.15) is 20.7 Å². The number of fused-ring (bicyclic) bond motifs is 10. The van der Waals surface area contributed by atoms with E-state index in [2.05, 4.69) is 33.4 Å². The molecule has 32 heavy (non-hydrogen) atoms. The van der Waals surface area contributed by atoms with E-state index < -0.39 is 0 Å². The molecule has 5 aromatic rings. The van der Waals surface area contributed by atoms with E-state index in [-0.39, 0.29) is 18.4 Å². The molecule has 3 N–H and O–H groups in total. The highest BCUT2D eigenvalue weighted by atomic mass is 16.3. The van der Waals surface area contributed by atoms with E-state index in [1.165, 1.54) is 0 Å². The van der Waals surface area contributed by atoms with E-state index in [1.54, 1.807) is 0 Å². The lowest BCUT2D eigenvalue weighted by atomic mass is 9.93. The molecule has 0 atom stereocenters. The summed E-state index contributed by atoms with van der Waals surface area (Å²) in [6.07, 6.45) is 1.98. The number of para-hydroxylation sites is 1. The quantitative estimate of drug-likeness (QED) is 0.298. The number of amides is 2. The van der Waals surface area contributed by atoms with Crippen molar-refractivity contribution in [2.75, 3.05) is 19.7 Å². The van der Waals surface area contributed by atoms with Crippen molar-refractivity contribution in [3.8, 4) is 0 Å². The van der Waals surface area contributed by atoms with E-state index in [0.717, 1.165) is 43.5 Å². The summed E-state index contributed by atoms with van der Waals surface area (Å²) in [4.78, 5) is 26.1. The zero-order chi connectivity index (χ0) is 22.0. The Morgan fingerprint density at radius 1 is 0.906 bits per heavy atom. The van der Waals surface area contributed by atoms with E-state index in [1.807, 2.05) is 42.1 Å². The van der Waals surface area contributed by atoms with Crippen molar-refractivity contribution in [1.82, 2.24) is 19.8 Å². The van der Waals surface area contributed by atoms with E-state index in [4.69, 9.17) is 5.11 Å². The highest BCUT2D eigenvalue weighted by molar-refractivity contribution is 6.39. The van der Waals surface area contributed by atoms with Crippen molar-refractivity contribution >= 4 is 55.3 Å². The lowest BCUT2D eigenvalue weighted by molar-refractivity contribution is 0.0880. The van der Waals surface area contributed by atoms with Gasteiger partial charge in [0.25, 0.3) is 11.8 Å². The van der Waals surface area contributed by atoms with Crippen LogP contribution in [0.4, 0.5) is 0 Å². The molecule has 3 aromatic carbocycles. The van der Waals surface area contributed by atoms with Crippen LogP contribution < -0.4 is 10.6 Å². The Kier molecular flexibility index (Phi) is 4.11. The number of aromatic nitrogens is 2. The molecule has 2 amide bonds. The number of carbonyl (C=O) groups excluding carboxylic acids is 2. The second-order valence-corrected chi connectivity index (χ2v) is 8.25. The maximum atomic E-state index is 13.1. The molecule has 160 valence electrons. The summed E-state index contributed by atoms with van der Waals surface area (Å²) in [5, 5.41) is 19.5. The third-order valence-electron chi connectivity index (χ3n) is 6.50. The van der Waals surface area contributed by atoms with Gasteiger partial charge >= 0.3 is 0 Å². The number of hydrogen-bond donors (Lipinski definition) is 3. The van der Waals surface area contributed by atoms with Crippen LogP contribution in [-0.4, -0.2) is 45.8 Å². The van der Waals surface area contributed by atoms with Crippen molar-refractivity contribution in [2.24, 2.45) is 7.05 Å². The first kappa shape index (κ1) is 19.0. The van der Waals surface area contributed by atoms with Crippen LogP contribution in [-0.2, 0) is 13.6 Å². The topological polar surface area (TPSA) is 88.3 Å². The van der Waals surface area contributed by atoms with Crippen LogP contribution >= 0.6 is 0 Å². The molecule has 2 aromatic heterocycles. The first-order valence-corrected chi connectivity index (χ1v) is 10.7. The lowest BCUT2D eigenvalue weighted by Gasteiger charge is -2.13. The molecule has 0 unspecified atom stereocenters. The molecule has 0 bridgehead atoms. The van der Waals surface area contributed by atoms with Gasteiger partial charge < -0.3 is 19.6 Å². The Morgan fingerprint density at radius 2 is 1.66 bits per heavy atom. The van der Waals surface area contributed by atoms with E-state index in [9.17, 15) is 9.59 Å². The normalized spacial score (nSPS) is 13.7. The zero-order valence-electron chi connectivity index (χ0n) is 17.6. The smallest absolute Gasteiger partial charge is 0.259 e. The molecule has 0 aliphatic carbocycles. The Hall–Kier alpha value is -3.68. The van der Waals surface area contributed by atoms with Gasteiger partial charge in [0, 0.05) is 65.3 Å². The Balaban J connectivity index is 1.83. The highest BCUT2D eigenvalue weighted by Gasteiger charge is 2.35. The summed E-state index contributed by atoms with van der Waals surface area (Å²) in [7, 11) is 1.96. The van der Waals surface area contributed by atoms with Gasteiger partial charge in [-0.3, -0.25) is 14.9 Å². The highest BCUT2D eigenvalue weighted by Crippen LogP contribution is 2.43. The average molecular weight is 426 g/mol. The van der Waals surface area contributed by atoms with Crippen LogP contribution in [0.3, 0.4) is 0 Å². The predicted octanol–water partition coefficient (Wildman–Crippen LogP) is 2.90. The molecule has 6 rings (SSSR count). The Morgan fingerprint density at radius 3 is 2.44 bits per heavy atom. The zero-order valence-corrected chi connectivity index (χ0v) is 17.6. The van der Waals surface area contributed by atoms with Crippen molar-refractivity contribution in [3.63, 3.8) is 0 Å². The first-order valence-electron chi connectivity index (χ1n) is 10.7. The molecule has 0 fully saturated rings. The number of benzene rings is 3. The van der Waals surface area contributed by atoms with Crippen LogP contribution in [0, 0.1) is 0 Å². The summed E-state index contributed by atoms with van der Waals surface area (Å²) in [6.45, 7) is 1.94. The molecule has 7 nitrogen and oxygen atoms in total. The minimum Gasteiger partial charge on any atom is -0.395 e. The fourth-order valence-corrected chi connectivity index (χ4v) is 5.23. The van der Waals surface area contributed by atoms with Crippen LogP contribution in [0.25, 0.3) is 43.5 Å². The minimum absolute atomic E-state index is 0.0807. The third-order valence-corrected chi connectivity index (χ3v) is 6.50. The maximum absolute atomic E-state index is 13.1. The molecule has 1 aliphatic heterocycles. The number of nitrogens with one attached hydrogen (secondary N) is 2. The van der Waals surface area contributed by atoms with Crippen LogP contribution in [0.2, 0.25) is 0 Å². The molecule has 0 radical (unpaired) electrons.